The number of halogens is 1. The van der Waals surface area contributed by atoms with Crippen molar-refractivity contribution in [2.24, 2.45) is 11.7 Å². The molecule has 34 heavy (non-hydrogen) atoms. The Balaban J connectivity index is 1.67. The Morgan fingerprint density at radius 2 is 1.94 bits per heavy atom. The summed E-state index contributed by atoms with van der Waals surface area (Å²) in [5.74, 6) is -1.58. The smallest absolute Gasteiger partial charge is 0.407 e. The molecule has 0 aliphatic carbocycles. The van der Waals surface area contributed by atoms with Crippen molar-refractivity contribution in [1.29, 1.82) is 5.26 Å². The number of nitriles is 1. The van der Waals surface area contributed by atoms with E-state index in [1.54, 1.807) is 4.68 Å². The molecular weight excluding hydrogens is 441 g/mol. The highest BCUT2D eigenvalue weighted by Gasteiger charge is 2.46. The molecule has 2 amide bonds. The molecule has 2 fully saturated rings. The van der Waals surface area contributed by atoms with Gasteiger partial charge >= 0.3 is 6.09 Å². The number of hydrogen-bond donors (Lipinski definition) is 3. The Bertz CT molecular complexity index is 1090. The monoisotopic (exact) mass is 469 g/mol. The number of carboxylic acid groups (broad SMARTS) is 1. The normalized spacial score (nSPS) is 23.9. The Morgan fingerprint density at radius 1 is 1.26 bits per heavy atom. The summed E-state index contributed by atoms with van der Waals surface area (Å²) in [5.41, 5.74) is 6.22. The third-order valence-corrected chi connectivity index (χ3v) is 6.86. The summed E-state index contributed by atoms with van der Waals surface area (Å²) in [6.07, 6.45) is 2.90. The Labute approximate surface area is 196 Å². The van der Waals surface area contributed by atoms with Crippen molar-refractivity contribution in [3.63, 3.8) is 0 Å². The largest absolute Gasteiger partial charge is 0.465 e. The van der Waals surface area contributed by atoms with E-state index in [4.69, 9.17) is 5.73 Å². The van der Waals surface area contributed by atoms with Crippen LogP contribution < -0.4 is 11.1 Å². The molecule has 0 bridgehead atoms. The number of carbonyl (C=O) groups excluding carboxylic acids is 1. The number of amides is 2. The Kier molecular flexibility index (Phi) is 6.70. The highest BCUT2D eigenvalue weighted by atomic mass is 19.1. The average molecular weight is 470 g/mol. The van der Waals surface area contributed by atoms with Crippen LogP contribution in [0.3, 0.4) is 0 Å². The summed E-state index contributed by atoms with van der Waals surface area (Å²) >= 11 is 0. The van der Waals surface area contributed by atoms with Gasteiger partial charge in [-0.2, -0.15) is 10.4 Å². The van der Waals surface area contributed by atoms with Crippen molar-refractivity contribution < 1.29 is 19.1 Å². The maximum absolute atomic E-state index is 13.3. The number of aromatic nitrogens is 2. The number of hydrogen-bond acceptors (Lipinski definition) is 6. The zero-order valence-electron chi connectivity index (χ0n) is 18.9. The number of nitrogens with two attached hydrogens (primary N) is 1. The van der Waals surface area contributed by atoms with Gasteiger partial charge in [0.1, 0.15) is 11.4 Å². The fourth-order valence-corrected chi connectivity index (χ4v) is 5.13. The molecule has 2 aliphatic rings. The molecule has 1 aromatic carbocycles. The van der Waals surface area contributed by atoms with Gasteiger partial charge in [-0.25, -0.2) is 9.18 Å². The number of benzene rings is 1. The van der Waals surface area contributed by atoms with Gasteiger partial charge in [-0.1, -0.05) is 0 Å². The topological polar surface area (TPSA) is 141 Å². The standard InChI is InChI=1S/C23H28FN7O3/c1-14(29-9-2-3-10-29)20-17(12-25)19(8-11-30(20)23(33)34)31-13-18(21(26)32)22(28-31)27-16-6-4-15(24)5-7-16/h4-7,13-14,17,19-20H,2-3,8-11H2,1H3,(H2,26,32)(H,27,28)(H,33,34). The van der Waals surface area contributed by atoms with Gasteiger partial charge in [-0.3, -0.25) is 14.4 Å². The van der Waals surface area contributed by atoms with E-state index in [0.29, 0.717) is 12.1 Å². The molecule has 4 rings (SSSR count). The van der Waals surface area contributed by atoms with Crippen LogP contribution in [0.2, 0.25) is 0 Å². The molecular formula is C23H28FN7O3. The number of nitrogens with one attached hydrogen (secondary N) is 1. The number of carbonyl (C=O) groups is 2. The lowest BCUT2D eigenvalue weighted by Crippen LogP contribution is -2.59. The van der Waals surface area contributed by atoms with Crippen molar-refractivity contribution in [1.82, 2.24) is 19.6 Å². The predicted octanol–water partition coefficient (Wildman–Crippen LogP) is 2.78. The van der Waals surface area contributed by atoms with E-state index < -0.39 is 35.8 Å². The van der Waals surface area contributed by atoms with Gasteiger partial charge in [0.2, 0.25) is 0 Å². The summed E-state index contributed by atoms with van der Waals surface area (Å²) in [5, 5.41) is 27.5. The van der Waals surface area contributed by atoms with Gasteiger partial charge in [0.05, 0.1) is 24.1 Å². The maximum Gasteiger partial charge on any atom is 0.407 e. The lowest BCUT2D eigenvalue weighted by atomic mass is 9.82. The van der Waals surface area contributed by atoms with Crippen LogP contribution in [0.15, 0.2) is 30.5 Å². The van der Waals surface area contributed by atoms with E-state index in [9.17, 15) is 24.3 Å². The van der Waals surface area contributed by atoms with E-state index in [1.807, 2.05) is 6.92 Å². The third kappa shape index (κ3) is 4.54. The molecule has 0 radical (unpaired) electrons. The van der Waals surface area contributed by atoms with E-state index in [2.05, 4.69) is 21.4 Å². The molecule has 10 nitrogen and oxygen atoms in total. The zero-order chi connectivity index (χ0) is 24.4. The zero-order valence-corrected chi connectivity index (χ0v) is 18.9. The first-order valence-corrected chi connectivity index (χ1v) is 11.3. The fraction of sp³-hybridized carbons (Fsp3) is 0.478. The number of anilines is 2. The maximum atomic E-state index is 13.3. The van der Waals surface area contributed by atoms with Crippen molar-refractivity contribution in [2.45, 2.75) is 44.3 Å². The lowest BCUT2D eigenvalue weighted by molar-refractivity contribution is 0.0252. The second kappa shape index (κ2) is 9.69. The molecule has 4 N–H and O–H groups in total. The Hall–Kier alpha value is -3.65. The first kappa shape index (κ1) is 23.5. The third-order valence-electron chi connectivity index (χ3n) is 6.86. The summed E-state index contributed by atoms with van der Waals surface area (Å²) < 4.78 is 14.8. The number of rotatable bonds is 6. The summed E-state index contributed by atoms with van der Waals surface area (Å²) in [7, 11) is 0. The quantitative estimate of drug-likeness (QED) is 0.591. The van der Waals surface area contributed by atoms with Crippen LogP contribution in [-0.2, 0) is 0 Å². The molecule has 11 heteroatoms. The molecule has 1 aromatic heterocycles. The lowest BCUT2D eigenvalue weighted by Gasteiger charge is -2.46. The molecule has 0 saturated carbocycles. The van der Waals surface area contributed by atoms with Gasteiger partial charge in [-0.05, 0) is 63.5 Å². The first-order valence-electron chi connectivity index (χ1n) is 11.3. The molecule has 180 valence electrons. The van der Waals surface area contributed by atoms with E-state index in [1.165, 1.54) is 35.4 Å². The molecule has 0 spiro atoms. The minimum absolute atomic E-state index is 0.130. The van der Waals surface area contributed by atoms with Crippen molar-refractivity contribution in [2.75, 3.05) is 25.0 Å². The van der Waals surface area contributed by atoms with E-state index >= 15 is 0 Å². The summed E-state index contributed by atoms with van der Waals surface area (Å²) in [4.78, 5) is 27.7. The van der Waals surface area contributed by atoms with Crippen LogP contribution in [0.5, 0.6) is 0 Å². The van der Waals surface area contributed by atoms with Gasteiger partial charge in [0.15, 0.2) is 5.82 Å². The van der Waals surface area contributed by atoms with Crippen molar-refractivity contribution in [3.8, 4) is 6.07 Å². The molecule has 4 atom stereocenters. The van der Waals surface area contributed by atoms with Crippen LogP contribution in [0.4, 0.5) is 20.7 Å². The minimum atomic E-state index is -1.05. The fourth-order valence-electron chi connectivity index (χ4n) is 5.13. The van der Waals surface area contributed by atoms with Crippen LogP contribution in [0.1, 0.15) is 42.6 Å². The van der Waals surface area contributed by atoms with Crippen molar-refractivity contribution in [3.05, 3.63) is 41.8 Å². The molecule has 3 heterocycles. The van der Waals surface area contributed by atoms with Gasteiger partial charge in [0.25, 0.3) is 5.91 Å². The molecule has 2 saturated heterocycles. The van der Waals surface area contributed by atoms with E-state index in [0.717, 1.165) is 25.9 Å². The van der Waals surface area contributed by atoms with Crippen LogP contribution >= 0.6 is 0 Å². The van der Waals surface area contributed by atoms with Crippen LogP contribution in [-0.4, -0.2) is 68.4 Å². The molecule has 4 unspecified atom stereocenters. The van der Waals surface area contributed by atoms with Gasteiger partial charge < -0.3 is 21.1 Å². The number of likely N-dealkylation sites (tertiary alicyclic amines) is 2. The molecule has 2 aliphatic heterocycles. The first-order chi connectivity index (χ1) is 16.3. The SMILES string of the molecule is CC(C1C(C#N)C(n2cc(C(N)=O)c(Nc3ccc(F)cc3)n2)CCN1C(=O)O)N1CCCC1. The summed E-state index contributed by atoms with van der Waals surface area (Å²) in [6.45, 7) is 3.95. The average Bonchev–Trinajstić information content (AvgIpc) is 3.49. The molecule has 2 aromatic rings. The van der Waals surface area contributed by atoms with Gasteiger partial charge in [0, 0.05) is 24.5 Å². The second-order valence-electron chi connectivity index (χ2n) is 8.83. The highest BCUT2D eigenvalue weighted by molar-refractivity contribution is 5.98. The second-order valence-corrected chi connectivity index (χ2v) is 8.83. The summed E-state index contributed by atoms with van der Waals surface area (Å²) in [6, 6.07) is 6.77. The minimum Gasteiger partial charge on any atom is -0.465 e. The van der Waals surface area contributed by atoms with E-state index in [-0.39, 0.29) is 24.0 Å². The van der Waals surface area contributed by atoms with Crippen molar-refractivity contribution >= 4 is 23.5 Å². The Morgan fingerprint density at radius 3 is 2.53 bits per heavy atom. The van der Waals surface area contributed by atoms with Gasteiger partial charge in [-0.15, -0.1) is 0 Å². The van der Waals surface area contributed by atoms with Crippen LogP contribution in [0, 0.1) is 23.1 Å². The van der Waals surface area contributed by atoms with Crippen LogP contribution in [0.25, 0.3) is 0 Å². The highest BCUT2D eigenvalue weighted by Crippen LogP contribution is 2.37. The number of primary amides is 1. The predicted molar refractivity (Wildman–Crippen MR) is 122 cm³/mol. The number of piperidine rings is 1. The number of nitrogens with zero attached hydrogens (tertiary/aromatic N) is 5.